The molecule has 1 fully saturated rings. The summed E-state index contributed by atoms with van der Waals surface area (Å²) in [7, 11) is 0. The van der Waals surface area contributed by atoms with E-state index in [0.717, 1.165) is 18.0 Å². The van der Waals surface area contributed by atoms with Crippen LogP contribution in [0.4, 0.5) is 18.9 Å². The third kappa shape index (κ3) is 2.86. The van der Waals surface area contributed by atoms with Crippen molar-refractivity contribution in [1.29, 1.82) is 0 Å². The Hall–Kier alpha value is -2.57. The molecule has 3 rings (SSSR count). The van der Waals surface area contributed by atoms with Crippen molar-refractivity contribution in [2.45, 2.75) is 12.2 Å². The molecule has 7 heteroatoms. The van der Waals surface area contributed by atoms with E-state index in [1.54, 1.807) is 29.2 Å². The van der Waals surface area contributed by atoms with Gasteiger partial charge in [-0.2, -0.15) is 13.2 Å². The molecule has 0 spiro atoms. The third-order valence-electron chi connectivity index (χ3n) is 3.94. The number of aromatic nitrogens is 1. The van der Waals surface area contributed by atoms with Crippen LogP contribution in [0.5, 0.6) is 0 Å². The van der Waals surface area contributed by atoms with Gasteiger partial charge in [-0.3, -0.25) is 9.78 Å². The number of carbonyl (C=O) groups is 1. The lowest BCUT2D eigenvalue weighted by Crippen LogP contribution is -2.53. The van der Waals surface area contributed by atoms with Crippen molar-refractivity contribution in [3.05, 3.63) is 59.9 Å². The molecule has 0 bridgehead atoms. The maximum absolute atomic E-state index is 12.9. The fraction of sp³-hybridized carbons (Fsp3) is 0.250. The highest BCUT2D eigenvalue weighted by atomic mass is 19.4. The van der Waals surface area contributed by atoms with E-state index < -0.39 is 29.7 Å². The van der Waals surface area contributed by atoms with E-state index in [0.29, 0.717) is 0 Å². The third-order valence-corrected chi connectivity index (χ3v) is 3.94. The molecule has 23 heavy (non-hydrogen) atoms. The summed E-state index contributed by atoms with van der Waals surface area (Å²) in [6.07, 6.45) is -2.47. The highest BCUT2D eigenvalue weighted by Crippen LogP contribution is 2.43. The van der Waals surface area contributed by atoms with Gasteiger partial charge >= 0.3 is 12.1 Å². The molecule has 1 saturated heterocycles. The lowest BCUT2D eigenvalue weighted by molar-refractivity contribution is -0.144. The number of benzene rings is 1. The average Bonchev–Trinajstić information content (AvgIpc) is 2.46. The Kier molecular flexibility index (Phi) is 3.71. The first kappa shape index (κ1) is 15.3. The van der Waals surface area contributed by atoms with Gasteiger partial charge in [-0.15, -0.1) is 0 Å². The summed E-state index contributed by atoms with van der Waals surface area (Å²) < 4.78 is 38.6. The summed E-state index contributed by atoms with van der Waals surface area (Å²) in [5.41, 5.74) is 0.147. The first-order valence-corrected chi connectivity index (χ1v) is 6.94. The van der Waals surface area contributed by atoms with Crippen molar-refractivity contribution in [3.63, 3.8) is 0 Å². The smallest absolute Gasteiger partial charge is 0.417 e. The normalized spacial score (nSPS) is 20.9. The predicted octanol–water partition coefficient (Wildman–Crippen LogP) is 3.36. The number of carboxylic acid groups (broad SMARTS) is 1. The average molecular weight is 322 g/mol. The summed E-state index contributed by atoms with van der Waals surface area (Å²) in [5.74, 6) is -1.79. The zero-order chi connectivity index (χ0) is 16.6. The minimum absolute atomic E-state index is 0.250. The number of alkyl halides is 3. The molecule has 0 radical (unpaired) electrons. The Balaban J connectivity index is 1.98. The number of anilines is 1. The lowest BCUT2D eigenvalue weighted by atomic mass is 9.83. The number of hydrogen-bond acceptors (Lipinski definition) is 3. The van der Waals surface area contributed by atoms with Crippen LogP contribution in [0.25, 0.3) is 0 Å². The highest BCUT2D eigenvalue weighted by Gasteiger charge is 2.45. The first-order valence-electron chi connectivity index (χ1n) is 6.94. The topological polar surface area (TPSA) is 53.4 Å². The summed E-state index contributed by atoms with van der Waals surface area (Å²) in [6, 6.07) is 9.32. The molecular weight excluding hydrogens is 309 g/mol. The molecule has 2 atom stereocenters. The maximum Gasteiger partial charge on any atom is 0.417 e. The quantitative estimate of drug-likeness (QED) is 0.941. The van der Waals surface area contributed by atoms with E-state index in [1.165, 1.54) is 6.20 Å². The van der Waals surface area contributed by atoms with E-state index >= 15 is 0 Å². The van der Waals surface area contributed by atoms with Crippen LogP contribution in [0.1, 0.15) is 17.2 Å². The van der Waals surface area contributed by atoms with Crippen LogP contribution >= 0.6 is 0 Å². The molecular formula is C16H13F3N2O2. The second-order valence-electron chi connectivity index (χ2n) is 5.38. The van der Waals surface area contributed by atoms with Crippen molar-refractivity contribution in [1.82, 2.24) is 4.98 Å². The molecule has 0 saturated carbocycles. The predicted molar refractivity (Wildman–Crippen MR) is 76.9 cm³/mol. The fourth-order valence-corrected chi connectivity index (χ4v) is 2.79. The van der Waals surface area contributed by atoms with Crippen LogP contribution in [-0.2, 0) is 11.0 Å². The standard InChI is InChI=1S/C16H13F3N2O2/c17-16(18,19)11-6-10(7-20-8-11)14-13(15(22)23)9-21(14)12-4-2-1-3-5-12/h1-8,13-14H,9H2,(H,22,23). The Morgan fingerprint density at radius 2 is 1.91 bits per heavy atom. The van der Waals surface area contributed by atoms with Gasteiger partial charge in [-0.25, -0.2) is 0 Å². The molecule has 2 aromatic rings. The number of halogens is 3. The minimum Gasteiger partial charge on any atom is -0.481 e. The van der Waals surface area contributed by atoms with Crippen molar-refractivity contribution < 1.29 is 23.1 Å². The van der Waals surface area contributed by atoms with Gasteiger partial charge in [0.2, 0.25) is 0 Å². The second kappa shape index (κ2) is 5.57. The molecule has 0 amide bonds. The molecule has 2 unspecified atom stereocenters. The van der Waals surface area contributed by atoms with Crippen molar-refractivity contribution in [3.8, 4) is 0 Å². The van der Waals surface area contributed by atoms with E-state index in [9.17, 15) is 23.1 Å². The zero-order valence-electron chi connectivity index (χ0n) is 11.9. The molecule has 120 valence electrons. The number of aliphatic carboxylic acids is 1. The van der Waals surface area contributed by atoms with Gasteiger partial charge in [-0.05, 0) is 23.8 Å². The number of carboxylic acids is 1. The molecule has 1 aliphatic heterocycles. The molecule has 1 aromatic carbocycles. The molecule has 1 N–H and O–H groups in total. The van der Waals surface area contributed by atoms with Gasteiger partial charge < -0.3 is 10.0 Å². The minimum atomic E-state index is -4.51. The van der Waals surface area contributed by atoms with Crippen molar-refractivity contribution >= 4 is 11.7 Å². The summed E-state index contributed by atoms with van der Waals surface area (Å²) in [5, 5.41) is 9.29. The van der Waals surface area contributed by atoms with E-state index in [-0.39, 0.29) is 12.1 Å². The van der Waals surface area contributed by atoms with Crippen molar-refractivity contribution in [2.75, 3.05) is 11.4 Å². The fourth-order valence-electron chi connectivity index (χ4n) is 2.79. The second-order valence-corrected chi connectivity index (χ2v) is 5.38. The molecule has 1 aromatic heterocycles. The van der Waals surface area contributed by atoms with Crippen LogP contribution in [-0.4, -0.2) is 22.6 Å². The Labute approximate surface area is 130 Å². The molecule has 2 heterocycles. The molecule has 1 aliphatic rings. The molecule has 4 nitrogen and oxygen atoms in total. The Bertz CT molecular complexity index is 719. The maximum atomic E-state index is 12.9. The van der Waals surface area contributed by atoms with E-state index in [2.05, 4.69) is 4.98 Å². The highest BCUT2D eigenvalue weighted by molar-refractivity contribution is 5.76. The summed E-state index contributed by atoms with van der Waals surface area (Å²) >= 11 is 0. The SMILES string of the molecule is O=C(O)C1CN(c2ccccc2)C1c1cncc(C(F)(F)F)c1. The van der Waals surface area contributed by atoms with Gasteiger partial charge in [0.1, 0.15) is 0 Å². The number of pyridine rings is 1. The monoisotopic (exact) mass is 322 g/mol. The van der Waals surface area contributed by atoms with Crippen LogP contribution in [0, 0.1) is 5.92 Å². The van der Waals surface area contributed by atoms with Gasteiger partial charge in [-0.1, -0.05) is 18.2 Å². The number of nitrogens with zero attached hydrogens (tertiary/aromatic N) is 2. The zero-order valence-corrected chi connectivity index (χ0v) is 11.9. The lowest BCUT2D eigenvalue weighted by Gasteiger charge is -2.47. The summed E-state index contributed by atoms with van der Waals surface area (Å²) in [4.78, 5) is 16.8. The first-order chi connectivity index (χ1) is 10.9. The Morgan fingerprint density at radius 3 is 2.52 bits per heavy atom. The van der Waals surface area contributed by atoms with E-state index in [1.807, 2.05) is 6.07 Å². The van der Waals surface area contributed by atoms with Gasteiger partial charge in [0, 0.05) is 24.6 Å². The Morgan fingerprint density at radius 1 is 1.22 bits per heavy atom. The number of hydrogen-bond donors (Lipinski definition) is 1. The number of para-hydroxylation sites is 1. The van der Waals surface area contributed by atoms with Gasteiger partial charge in [0.05, 0.1) is 17.5 Å². The van der Waals surface area contributed by atoms with Gasteiger partial charge in [0.15, 0.2) is 0 Å². The van der Waals surface area contributed by atoms with Crippen LogP contribution in [0.15, 0.2) is 48.8 Å². The van der Waals surface area contributed by atoms with Crippen LogP contribution < -0.4 is 4.90 Å². The van der Waals surface area contributed by atoms with Crippen molar-refractivity contribution in [2.24, 2.45) is 5.92 Å². The van der Waals surface area contributed by atoms with Crippen LogP contribution in [0.3, 0.4) is 0 Å². The number of rotatable bonds is 3. The molecule has 0 aliphatic carbocycles. The summed E-state index contributed by atoms with van der Waals surface area (Å²) in [6.45, 7) is 0.250. The largest absolute Gasteiger partial charge is 0.481 e. The van der Waals surface area contributed by atoms with Crippen LogP contribution in [0.2, 0.25) is 0 Å². The van der Waals surface area contributed by atoms with E-state index in [4.69, 9.17) is 0 Å². The van der Waals surface area contributed by atoms with Gasteiger partial charge in [0.25, 0.3) is 0 Å².